The minimum absolute atomic E-state index is 0.0472. The third-order valence-electron chi connectivity index (χ3n) is 5.01. The molecule has 0 aliphatic heterocycles. The van der Waals surface area contributed by atoms with Gasteiger partial charge in [-0.2, -0.15) is 5.10 Å². The molecule has 0 saturated carbocycles. The number of thioether (sulfide) groups is 1. The summed E-state index contributed by atoms with van der Waals surface area (Å²) in [5.41, 5.74) is 4.94. The molecule has 10 heteroatoms. The molecule has 0 atom stereocenters. The molecule has 36 heavy (non-hydrogen) atoms. The second-order valence-corrected chi connectivity index (χ2v) is 8.39. The summed E-state index contributed by atoms with van der Waals surface area (Å²) < 4.78 is 12.5. The summed E-state index contributed by atoms with van der Waals surface area (Å²) >= 11 is 1.26. The molecular formula is C26H25N5O4S. The number of phenolic OH excluding ortho intramolecular Hbond substituents is 1. The molecule has 2 N–H and O–H groups in total. The van der Waals surface area contributed by atoms with Crippen molar-refractivity contribution >= 4 is 23.9 Å². The molecule has 0 spiro atoms. The van der Waals surface area contributed by atoms with Gasteiger partial charge in [-0.15, -0.1) is 10.2 Å². The second kappa shape index (κ2) is 11.9. The highest BCUT2D eigenvalue weighted by Crippen LogP contribution is 2.29. The van der Waals surface area contributed by atoms with E-state index in [0.29, 0.717) is 28.9 Å². The van der Waals surface area contributed by atoms with E-state index in [2.05, 4.69) is 20.7 Å². The van der Waals surface area contributed by atoms with Gasteiger partial charge in [-0.1, -0.05) is 30.0 Å². The number of nitrogens with zero attached hydrogens (tertiary/aromatic N) is 4. The van der Waals surface area contributed by atoms with Crippen LogP contribution in [-0.4, -0.2) is 51.5 Å². The summed E-state index contributed by atoms with van der Waals surface area (Å²) in [6.07, 6.45) is 1.48. The van der Waals surface area contributed by atoms with Crippen LogP contribution in [0.5, 0.6) is 17.2 Å². The molecule has 0 aliphatic rings. The minimum Gasteiger partial charge on any atom is -0.504 e. The first-order chi connectivity index (χ1) is 17.6. The number of phenols is 1. The smallest absolute Gasteiger partial charge is 0.250 e. The van der Waals surface area contributed by atoms with Crippen LogP contribution in [0.1, 0.15) is 12.5 Å². The SMILES string of the molecule is CCOc1cc(/C=N/NC(=O)CSc2nnc(-c3ccc(OC)cc3)n2-c2ccccc2)ccc1O. The first-order valence-electron chi connectivity index (χ1n) is 11.1. The van der Waals surface area contributed by atoms with Gasteiger partial charge in [0.2, 0.25) is 0 Å². The Hall–Kier alpha value is -4.31. The molecule has 0 aliphatic carbocycles. The summed E-state index contributed by atoms with van der Waals surface area (Å²) in [6.45, 7) is 2.26. The lowest BCUT2D eigenvalue weighted by Crippen LogP contribution is -2.20. The lowest BCUT2D eigenvalue weighted by atomic mass is 10.2. The monoisotopic (exact) mass is 503 g/mol. The first kappa shape index (κ1) is 24.8. The van der Waals surface area contributed by atoms with Crippen LogP contribution in [0.2, 0.25) is 0 Å². The molecule has 0 fully saturated rings. The van der Waals surface area contributed by atoms with Crippen molar-refractivity contribution in [3.05, 3.63) is 78.4 Å². The molecular weight excluding hydrogens is 478 g/mol. The average Bonchev–Trinajstić information content (AvgIpc) is 3.34. The van der Waals surface area contributed by atoms with E-state index in [4.69, 9.17) is 9.47 Å². The maximum absolute atomic E-state index is 12.4. The fourth-order valence-corrected chi connectivity index (χ4v) is 4.07. The van der Waals surface area contributed by atoms with Crippen LogP contribution in [0, 0.1) is 0 Å². The van der Waals surface area contributed by atoms with Crippen LogP contribution >= 0.6 is 11.8 Å². The van der Waals surface area contributed by atoms with E-state index in [9.17, 15) is 9.90 Å². The van der Waals surface area contributed by atoms with Crippen LogP contribution in [0.4, 0.5) is 0 Å². The normalized spacial score (nSPS) is 10.9. The molecule has 0 saturated heterocycles. The number of amides is 1. The van der Waals surface area contributed by atoms with E-state index in [1.807, 2.05) is 66.1 Å². The standard InChI is InChI=1S/C26H25N5O4S/c1-3-35-23-15-18(9-14-22(23)32)16-27-28-24(33)17-36-26-30-29-25(19-10-12-21(34-2)13-11-19)31(26)20-7-5-4-6-8-20/h4-16,32H,3,17H2,1-2H3,(H,28,33)/b27-16+. The summed E-state index contributed by atoms with van der Waals surface area (Å²) in [7, 11) is 1.62. The Kier molecular flexibility index (Phi) is 8.20. The van der Waals surface area contributed by atoms with Crippen molar-refractivity contribution in [3.63, 3.8) is 0 Å². The predicted octanol–water partition coefficient (Wildman–Crippen LogP) is 4.29. The number of hydrogen-bond acceptors (Lipinski definition) is 8. The van der Waals surface area contributed by atoms with Crippen LogP contribution in [0.3, 0.4) is 0 Å². The number of hydrogen-bond donors (Lipinski definition) is 2. The van der Waals surface area contributed by atoms with E-state index >= 15 is 0 Å². The Morgan fingerprint density at radius 2 is 1.89 bits per heavy atom. The van der Waals surface area contributed by atoms with E-state index in [1.54, 1.807) is 19.2 Å². The van der Waals surface area contributed by atoms with Gasteiger partial charge in [0.05, 0.1) is 25.7 Å². The number of benzene rings is 3. The quantitative estimate of drug-likeness (QED) is 0.189. The Balaban J connectivity index is 1.46. The number of rotatable bonds is 10. The Labute approximate surface area is 212 Å². The lowest BCUT2D eigenvalue weighted by Gasteiger charge is -2.10. The van der Waals surface area contributed by atoms with Crippen molar-refractivity contribution in [3.8, 4) is 34.3 Å². The molecule has 4 aromatic rings. The molecule has 1 aromatic heterocycles. The zero-order valence-corrected chi connectivity index (χ0v) is 20.6. The lowest BCUT2D eigenvalue weighted by molar-refractivity contribution is -0.118. The molecule has 1 heterocycles. The number of methoxy groups -OCH3 is 1. The van der Waals surface area contributed by atoms with Crippen molar-refractivity contribution in [1.29, 1.82) is 0 Å². The largest absolute Gasteiger partial charge is 0.504 e. The number of carbonyl (C=O) groups is 1. The highest BCUT2D eigenvalue weighted by molar-refractivity contribution is 7.99. The predicted molar refractivity (Wildman–Crippen MR) is 139 cm³/mol. The third-order valence-corrected chi connectivity index (χ3v) is 5.94. The van der Waals surface area contributed by atoms with Crippen molar-refractivity contribution in [2.24, 2.45) is 5.10 Å². The van der Waals surface area contributed by atoms with Crippen LogP contribution in [0.25, 0.3) is 17.1 Å². The zero-order chi connectivity index (χ0) is 25.3. The first-order valence-corrected chi connectivity index (χ1v) is 12.1. The number of para-hydroxylation sites is 1. The van der Waals surface area contributed by atoms with Crippen molar-refractivity contribution in [2.75, 3.05) is 19.5 Å². The van der Waals surface area contributed by atoms with Crippen molar-refractivity contribution < 1.29 is 19.4 Å². The number of aromatic nitrogens is 3. The third kappa shape index (κ3) is 6.02. The van der Waals surface area contributed by atoms with Crippen LogP contribution in [-0.2, 0) is 4.79 Å². The zero-order valence-electron chi connectivity index (χ0n) is 19.8. The van der Waals surface area contributed by atoms with Crippen LogP contribution in [0.15, 0.2) is 83.1 Å². The molecule has 0 unspecified atom stereocenters. The topological polar surface area (TPSA) is 111 Å². The highest BCUT2D eigenvalue weighted by atomic mass is 32.2. The molecule has 1 amide bonds. The molecule has 184 valence electrons. The summed E-state index contributed by atoms with van der Waals surface area (Å²) in [6, 6.07) is 22.1. The summed E-state index contributed by atoms with van der Waals surface area (Å²) in [5.74, 6) is 1.60. The van der Waals surface area contributed by atoms with Gasteiger partial charge in [-0.3, -0.25) is 9.36 Å². The van der Waals surface area contributed by atoms with E-state index < -0.39 is 0 Å². The summed E-state index contributed by atoms with van der Waals surface area (Å²) in [5, 5.41) is 23.1. The van der Waals surface area contributed by atoms with Gasteiger partial charge < -0.3 is 14.6 Å². The fraction of sp³-hybridized carbons (Fsp3) is 0.154. The van der Waals surface area contributed by atoms with E-state index in [1.165, 1.54) is 24.0 Å². The Morgan fingerprint density at radius 1 is 1.11 bits per heavy atom. The van der Waals surface area contributed by atoms with Gasteiger partial charge in [0.1, 0.15) is 5.75 Å². The van der Waals surface area contributed by atoms with Gasteiger partial charge in [-0.05, 0) is 67.1 Å². The number of hydrazone groups is 1. The second-order valence-electron chi connectivity index (χ2n) is 7.45. The van der Waals surface area contributed by atoms with Gasteiger partial charge in [0.25, 0.3) is 5.91 Å². The molecule has 3 aromatic carbocycles. The van der Waals surface area contributed by atoms with Gasteiger partial charge in [0.15, 0.2) is 22.5 Å². The van der Waals surface area contributed by atoms with Gasteiger partial charge >= 0.3 is 0 Å². The van der Waals surface area contributed by atoms with Crippen molar-refractivity contribution in [1.82, 2.24) is 20.2 Å². The van der Waals surface area contributed by atoms with E-state index in [0.717, 1.165) is 17.0 Å². The maximum atomic E-state index is 12.4. The molecule has 0 radical (unpaired) electrons. The number of nitrogens with one attached hydrogen (secondary N) is 1. The van der Waals surface area contributed by atoms with Gasteiger partial charge in [0, 0.05) is 11.3 Å². The number of carbonyl (C=O) groups excluding carboxylic acids is 1. The highest BCUT2D eigenvalue weighted by Gasteiger charge is 2.17. The Bertz CT molecular complexity index is 1340. The average molecular weight is 504 g/mol. The molecule has 4 rings (SSSR count). The fourth-order valence-electron chi connectivity index (χ4n) is 3.32. The van der Waals surface area contributed by atoms with Gasteiger partial charge in [-0.25, -0.2) is 5.43 Å². The molecule has 0 bridgehead atoms. The Morgan fingerprint density at radius 3 is 2.61 bits per heavy atom. The number of aromatic hydroxyl groups is 1. The summed E-state index contributed by atoms with van der Waals surface area (Å²) in [4.78, 5) is 12.4. The maximum Gasteiger partial charge on any atom is 0.250 e. The number of ether oxygens (including phenoxy) is 2. The van der Waals surface area contributed by atoms with Crippen LogP contribution < -0.4 is 14.9 Å². The minimum atomic E-state index is -0.298. The molecule has 9 nitrogen and oxygen atoms in total. The van der Waals surface area contributed by atoms with Crippen molar-refractivity contribution in [2.45, 2.75) is 12.1 Å². The van der Waals surface area contributed by atoms with E-state index in [-0.39, 0.29) is 17.4 Å².